The van der Waals surface area contributed by atoms with Crippen molar-refractivity contribution in [2.45, 2.75) is 52.5 Å². The van der Waals surface area contributed by atoms with Gasteiger partial charge in [-0.25, -0.2) is 9.97 Å². The molecule has 0 radical (unpaired) electrons. The van der Waals surface area contributed by atoms with Gasteiger partial charge in [-0.2, -0.15) is 0 Å². The molecule has 0 aromatic carbocycles. The minimum atomic E-state index is 0.196. The minimum Gasteiger partial charge on any atom is -0.338 e. The van der Waals surface area contributed by atoms with Crippen molar-refractivity contribution in [2.75, 3.05) is 6.54 Å². The van der Waals surface area contributed by atoms with E-state index in [-0.39, 0.29) is 5.92 Å². The van der Waals surface area contributed by atoms with Gasteiger partial charge in [0.2, 0.25) is 5.91 Å². The molecule has 0 saturated heterocycles. The Balaban J connectivity index is 2.04. The Bertz CT molecular complexity index is 427. The van der Waals surface area contributed by atoms with Gasteiger partial charge in [0.05, 0.1) is 5.69 Å². The van der Waals surface area contributed by atoms with Crippen molar-refractivity contribution in [1.82, 2.24) is 14.9 Å². The summed E-state index contributed by atoms with van der Waals surface area (Å²) >= 11 is 0. The maximum absolute atomic E-state index is 12.6. The Kier molecular flexibility index (Phi) is 4.88. The molecule has 2 heterocycles. The summed E-state index contributed by atoms with van der Waals surface area (Å²) in [4.78, 5) is 22.9. The highest BCUT2D eigenvalue weighted by Gasteiger charge is 2.26. The van der Waals surface area contributed by atoms with Gasteiger partial charge in [-0.1, -0.05) is 26.7 Å². The van der Waals surface area contributed by atoms with Crippen molar-refractivity contribution in [3.8, 4) is 0 Å². The second-order valence-electron chi connectivity index (χ2n) is 5.28. The standard InChI is InChI=1S/C15H23N3O/c1-3-5-12(6-4-2)15(19)18-8-7-14-13(10-18)9-16-11-17-14/h9,11-12H,3-8,10H2,1-2H3. The first-order valence-corrected chi connectivity index (χ1v) is 7.32. The summed E-state index contributed by atoms with van der Waals surface area (Å²) in [7, 11) is 0. The molecular weight excluding hydrogens is 238 g/mol. The van der Waals surface area contributed by atoms with Crippen LogP contribution in [0.25, 0.3) is 0 Å². The van der Waals surface area contributed by atoms with E-state index >= 15 is 0 Å². The normalized spacial score (nSPS) is 14.6. The number of carbonyl (C=O) groups excluding carboxylic acids is 1. The average molecular weight is 261 g/mol. The highest BCUT2D eigenvalue weighted by Crippen LogP contribution is 2.22. The van der Waals surface area contributed by atoms with Crippen LogP contribution in [0.4, 0.5) is 0 Å². The predicted octanol–water partition coefficient (Wildman–Crippen LogP) is 2.58. The molecule has 1 aromatic heterocycles. The fourth-order valence-corrected chi connectivity index (χ4v) is 2.80. The van der Waals surface area contributed by atoms with Gasteiger partial charge < -0.3 is 4.90 Å². The first-order chi connectivity index (χ1) is 9.26. The Morgan fingerprint density at radius 1 is 1.37 bits per heavy atom. The lowest BCUT2D eigenvalue weighted by Gasteiger charge is -2.31. The Morgan fingerprint density at radius 2 is 2.11 bits per heavy atom. The molecule has 1 aliphatic heterocycles. The lowest BCUT2D eigenvalue weighted by Crippen LogP contribution is -2.40. The molecule has 4 heteroatoms. The molecule has 1 amide bonds. The largest absolute Gasteiger partial charge is 0.338 e. The molecule has 0 bridgehead atoms. The van der Waals surface area contributed by atoms with Crippen LogP contribution in [0.1, 0.15) is 50.8 Å². The van der Waals surface area contributed by atoms with Gasteiger partial charge in [-0.15, -0.1) is 0 Å². The average Bonchev–Trinajstić information content (AvgIpc) is 2.46. The number of aromatic nitrogens is 2. The number of nitrogens with zero attached hydrogens (tertiary/aromatic N) is 3. The zero-order valence-electron chi connectivity index (χ0n) is 11.9. The number of carbonyl (C=O) groups is 1. The van der Waals surface area contributed by atoms with Gasteiger partial charge in [0, 0.05) is 37.2 Å². The van der Waals surface area contributed by atoms with Gasteiger partial charge in [0.1, 0.15) is 6.33 Å². The summed E-state index contributed by atoms with van der Waals surface area (Å²) in [6.07, 6.45) is 8.44. The summed E-state index contributed by atoms with van der Waals surface area (Å²) in [6.45, 7) is 5.77. The number of amides is 1. The summed E-state index contributed by atoms with van der Waals surface area (Å²) in [5.74, 6) is 0.513. The maximum atomic E-state index is 12.6. The van der Waals surface area contributed by atoms with Crippen molar-refractivity contribution in [3.63, 3.8) is 0 Å². The molecule has 0 saturated carbocycles. The highest BCUT2D eigenvalue weighted by atomic mass is 16.2. The molecule has 2 rings (SSSR count). The van der Waals surface area contributed by atoms with E-state index in [1.165, 1.54) is 0 Å². The van der Waals surface area contributed by atoms with Crippen molar-refractivity contribution in [3.05, 3.63) is 23.8 Å². The number of hydrogen-bond donors (Lipinski definition) is 0. The first-order valence-electron chi connectivity index (χ1n) is 7.32. The van der Waals surface area contributed by atoms with E-state index in [0.717, 1.165) is 49.9 Å². The summed E-state index contributed by atoms with van der Waals surface area (Å²) in [5, 5.41) is 0. The third kappa shape index (κ3) is 3.31. The van der Waals surface area contributed by atoms with E-state index in [4.69, 9.17) is 0 Å². The number of fused-ring (bicyclic) bond motifs is 1. The molecule has 0 N–H and O–H groups in total. The molecule has 0 unspecified atom stereocenters. The first kappa shape index (κ1) is 14.0. The molecule has 1 aliphatic rings. The van der Waals surface area contributed by atoms with Gasteiger partial charge >= 0.3 is 0 Å². The molecule has 104 valence electrons. The number of hydrogen-bond acceptors (Lipinski definition) is 3. The van der Waals surface area contributed by atoms with Gasteiger partial charge in [0.25, 0.3) is 0 Å². The predicted molar refractivity (Wildman–Crippen MR) is 74.5 cm³/mol. The van der Waals surface area contributed by atoms with Crippen molar-refractivity contribution < 1.29 is 4.79 Å². The lowest BCUT2D eigenvalue weighted by atomic mass is 9.95. The smallest absolute Gasteiger partial charge is 0.225 e. The molecule has 19 heavy (non-hydrogen) atoms. The minimum absolute atomic E-state index is 0.196. The van der Waals surface area contributed by atoms with E-state index in [0.29, 0.717) is 12.5 Å². The molecule has 0 fully saturated rings. The van der Waals surface area contributed by atoms with Crippen LogP contribution in [0.2, 0.25) is 0 Å². The fraction of sp³-hybridized carbons (Fsp3) is 0.667. The Hall–Kier alpha value is -1.45. The van der Waals surface area contributed by atoms with Crippen LogP contribution in [0.5, 0.6) is 0 Å². The second-order valence-corrected chi connectivity index (χ2v) is 5.28. The van der Waals surface area contributed by atoms with E-state index < -0.39 is 0 Å². The van der Waals surface area contributed by atoms with E-state index in [2.05, 4.69) is 23.8 Å². The van der Waals surface area contributed by atoms with Crippen LogP contribution < -0.4 is 0 Å². The molecule has 0 spiro atoms. The molecule has 1 aromatic rings. The Morgan fingerprint density at radius 3 is 2.79 bits per heavy atom. The van der Waals surface area contributed by atoms with Crippen LogP contribution in [-0.4, -0.2) is 27.3 Å². The van der Waals surface area contributed by atoms with Gasteiger partial charge in [-0.05, 0) is 12.8 Å². The van der Waals surface area contributed by atoms with Gasteiger partial charge in [-0.3, -0.25) is 4.79 Å². The van der Waals surface area contributed by atoms with E-state index in [9.17, 15) is 4.79 Å². The van der Waals surface area contributed by atoms with Crippen LogP contribution in [-0.2, 0) is 17.8 Å². The highest BCUT2D eigenvalue weighted by molar-refractivity contribution is 5.79. The van der Waals surface area contributed by atoms with Crippen molar-refractivity contribution in [1.29, 1.82) is 0 Å². The number of rotatable bonds is 5. The second kappa shape index (κ2) is 6.64. The summed E-state index contributed by atoms with van der Waals surface area (Å²) in [5.41, 5.74) is 2.20. The Labute approximate surface area is 115 Å². The van der Waals surface area contributed by atoms with Crippen molar-refractivity contribution in [2.24, 2.45) is 5.92 Å². The SMILES string of the molecule is CCCC(CCC)C(=O)N1CCc2ncncc2C1. The molecule has 0 aliphatic carbocycles. The summed E-state index contributed by atoms with van der Waals surface area (Å²) in [6, 6.07) is 0. The van der Waals surface area contributed by atoms with Gasteiger partial charge in [0.15, 0.2) is 0 Å². The lowest BCUT2D eigenvalue weighted by molar-refractivity contribution is -0.137. The zero-order chi connectivity index (χ0) is 13.7. The van der Waals surface area contributed by atoms with Crippen LogP contribution in [0.15, 0.2) is 12.5 Å². The third-order valence-corrected chi connectivity index (χ3v) is 3.80. The quantitative estimate of drug-likeness (QED) is 0.818. The zero-order valence-corrected chi connectivity index (χ0v) is 11.9. The van der Waals surface area contributed by atoms with Crippen LogP contribution in [0.3, 0.4) is 0 Å². The van der Waals surface area contributed by atoms with Crippen LogP contribution >= 0.6 is 0 Å². The fourth-order valence-electron chi connectivity index (χ4n) is 2.80. The molecular formula is C15H23N3O. The van der Waals surface area contributed by atoms with E-state index in [1.54, 1.807) is 6.33 Å². The molecule has 0 atom stereocenters. The monoisotopic (exact) mass is 261 g/mol. The van der Waals surface area contributed by atoms with E-state index in [1.807, 2.05) is 11.1 Å². The third-order valence-electron chi connectivity index (χ3n) is 3.80. The topological polar surface area (TPSA) is 46.1 Å². The molecule has 4 nitrogen and oxygen atoms in total. The van der Waals surface area contributed by atoms with Crippen molar-refractivity contribution >= 4 is 5.91 Å². The maximum Gasteiger partial charge on any atom is 0.225 e. The summed E-state index contributed by atoms with van der Waals surface area (Å²) < 4.78 is 0. The van der Waals surface area contributed by atoms with Crippen LogP contribution in [0, 0.1) is 5.92 Å².